The highest BCUT2D eigenvalue weighted by Crippen LogP contribution is 2.34. The van der Waals surface area contributed by atoms with Gasteiger partial charge in [-0.3, -0.25) is 4.55 Å². The van der Waals surface area contributed by atoms with Gasteiger partial charge in [-0.1, -0.05) is 18.2 Å². The zero-order valence-corrected chi connectivity index (χ0v) is 9.90. The quantitative estimate of drug-likeness (QED) is 0.587. The Balaban J connectivity index is 2.60. The zero-order valence-electron chi connectivity index (χ0n) is 9.08. The monoisotopic (exact) mass is 263 g/mol. The average Bonchev–Trinajstić information content (AvgIpc) is 2.64. The SMILES string of the molecule is O=S(=O)(O)c1c(O)ccc2c1[nH]c1ccccc12. The maximum Gasteiger partial charge on any atom is 0.300 e. The predicted molar refractivity (Wildman–Crippen MR) is 67.3 cm³/mol. The third-order valence-electron chi connectivity index (χ3n) is 2.87. The summed E-state index contributed by atoms with van der Waals surface area (Å²) in [5.41, 5.74) is 0.946. The van der Waals surface area contributed by atoms with Crippen molar-refractivity contribution >= 4 is 31.9 Å². The second kappa shape index (κ2) is 3.47. The van der Waals surface area contributed by atoms with Crippen molar-refractivity contribution in [3.05, 3.63) is 36.4 Å². The van der Waals surface area contributed by atoms with Gasteiger partial charge in [0.25, 0.3) is 10.1 Å². The molecule has 0 bridgehead atoms. The van der Waals surface area contributed by atoms with Gasteiger partial charge in [0, 0.05) is 16.3 Å². The van der Waals surface area contributed by atoms with Gasteiger partial charge >= 0.3 is 0 Å². The smallest absolute Gasteiger partial charge is 0.300 e. The predicted octanol–water partition coefficient (Wildman–Crippen LogP) is 2.27. The molecular weight excluding hydrogens is 254 g/mol. The van der Waals surface area contributed by atoms with Crippen molar-refractivity contribution in [2.24, 2.45) is 0 Å². The highest BCUT2D eigenvalue weighted by molar-refractivity contribution is 7.86. The average molecular weight is 263 g/mol. The maximum atomic E-state index is 11.3. The summed E-state index contributed by atoms with van der Waals surface area (Å²) in [6.07, 6.45) is 0. The van der Waals surface area contributed by atoms with Gasteiger partial charge in [0.1, 0.15) is 5.75 Å². The first-order valence-electron chi connectivity index (χ1n) is 5.18. The van der Waals surface area contributed by atoms with E-state index < -0.39 is 20.8 Å². The van der Waals surface area contributed by atoms with Gasteiger partial charge in [-0.05, 0) is 18.2 Å². The van der Waals surface area contributed by atoms with E-state index in [1.54, 1.807) is 12.1 Å². The van der Waals surface area contributed by atoms with E-state index in [-0.39, 0.29) is 5.52 Å². The number of H-pyrrole nitrogens is 1. The minimum atomic E-state index is -4.49. The molecule has 0 amide bonds. The number of hydrogen-bond acceptors (Lipinski definition) is 3. The lowest BCUT2D eigenvalue weighted by Crippen LogP contribution is -1.99. The first kappa shape index (κ1) is 11.1. The largest absolute Gasteiger partial charge is 0.506 e. The first-order valence-corrected chi connectivity index (χ1v) is 6.62. The molecule has 5 nitrogen and oxygen atoms in total. The van der Waals surface area contributed by atoms with E-state index in [1.807, 2.05) is 18.2 Å². The number of aromatic hydroxyl groups is 1. The first-order chi connectivity index (χ1) is 8.48. The van der Waals surface area contributed by atoms with Crippen molar-refractivity contribution in [3.63, 3.8) is 0 Å². The highest BCUT2D eigenvalue weighted by Gasteiger charge is 2.21. The molecule has 18 heavy (non-hydrogen) atoms. The van der Waals surface area contributed by atoms with Crippen LogP contribution >= 0.6 is 0 Å². The molecule has 3 rings (SSSR count). The third kappa shape index (κ3) is 1.47. The Kier molecular flexibility index (Phi) is 2.13. The van der Waals surface area contributed by atoms with Crippen LogP contribution < -0.4 is 0 Å². The molecule has 3 aromatic rings. The van der Waals surface area contributed by atoms with Gasteiger partial charge in [0.2, 0.25) is 0 Å². The fraction of sp³-hybridized carbons (Fsp3) is 0. The Morgan fingerprint density at radius 1 is 1.00 bits per heavy atom. The lowest BCUT2D eigenvalue weighted by atomic mass is 10.1. The van der Waals surface area contributed by atoms with Crippen molar-refractivity contribution in [3.8, 4) is 5.75 Å². The third-order valence-corrected chi connectivity index (χ3v) is 3.80. The lowest BCUT2D eigenvalue weighted by Gasteiger charge is -2.02. The van der Waals surface area contributed by atoms with Crippen molar-refractivity contribution in [2.75, 3.05) is 0 Å². The van der Waals surface area contributed by atoms with E-state index in [0.717, 1.165) is 10.9 Å². The summed E-state index contributed by atoms with van der Waals surface area (Å²) < 4.78 is 31.8. The summed E-state index contributed by atoms with van der Waals surface area (Å²) in [6.45, 7) is 0. The van der Waals surface area contributed by atoms with Crippen LogP contribution in [0.15, 0.2) is 41.3 Å². The summed E-state index contributed by atoms with van der Waals surface area (Å²) in [7, 11) is -4.49. The van der Waals surface area contributed by atoms with Gasteiger partial charge in [-0.2, -0.15) is 8.42 Å². The molecule has 0 radical (unpaired) electrons. The van der Waals surface area contributed by atoms with Crippen molar-refractivity contribution < 1.29 is 18.1 Å². The van der Waals surface area contributed by atoms with Gasteiger partial charge in [-0.25, -0.2) is 0 Å². The van der Waals surface area contributed by atoms with Gasteiger partial charge in [0.15, 0.2) is 4.90 Å². The molecule has 1 aromatic heterocycles. The number of fused-ring (bicyclic) bond motifs is 3. The van der Waals surface area contributed by atoms with E-state index in [1.165, 1.54) is 6.07 Å². The van der Waals surface area contributed by atoms with Crippen LogP contribution in [-0.2, 0) is 10.1 Å². The molecule has 2 aromatic carbocycles. The Hall–Kier alpha value is -2.05. The van der Waals surface area contributed by atoms with Gasteiger partial charge in [0.05, 0.1) is 5.52 Å². The molecule has 3 N–H and O–H groups in total. The van der Waals surface area contributed by atoms with Crippen molar-refractivity contribution in [1.29, 1.82) is 0 Å². The number of phenolic OH excluding ortho intramolecular Hbond substituents is 1. The van der Waals surface area contributed by atoms with E-state index in [4.69, 9.17) is 0 Å². The summed E-state index contributed by atoms with van der Waals surface area (Å²) in [6, 6.07) is 10.1. The van der Waals surface area contributed by atoms with Crippen LogP contribution in [0.2, 0.25) is 0 Å². The summed E-state index contributed by atoms with van der Waals surface area (Å²) in [5.74, 6) is -0.475. The standard InChI is InChI=1S/C12H9NO4S/c14-10-6-5-8-7-3-1-2-4-9(7)13-11(8)12(10)18(15,16)17/h1-6,13-14H,(H,15,16,17). The topological polar surface area (TPSA) is 90.4 Å². The summed E-state index contributed by atoms with van der Waals surface area (Å²) >= 11 is 0. The number of hydrogen-bond donors (Lipinski definition) is 3. The second-order valence-corrected chi connectivity index (χ2v) is 5.34. The lowest BCUT2D eigenvalue weighted by molar-refractivity contribution is 0.445. The Labute approximate surface area is 102 Å². The van der Waals surface area contributed by atoms with Crippen LogP contribution in [0.5, 0.6) is 5.75 Å². The van der Waals surface area contributed by atoms with Crippen LogP contribution in [0, 0.1) is 0 Å². The second-order valence-electron chi connectivity index (χ2n) is 3.98. The number of aromatic amines is 1. The van der Waals surface area contributed by atoms with Crippen LogP contribution in [-0.4, -0.2) is 23.1 Å². The zero-order chi connectivity index (χ0) is 12.9. The van der Waals surface area contributed by atoms with Crippen LogP contribution in [0.4, 0.5) is 0 Å². The molecule has 0 aliphatic heterocycles. The minimum Gasteiger partial charge on any atom is -0.506 e. The number of phenols is 1. The van der Waals surface area contributed by atoms with Crippen LogP contribution in [0.1, 0.15) is 0 Å². The fourth-order valence-electron chi connectivity index (χ4n) is 2.14. The van der Waals surface area contributed by atoms with Gasteiger partial charge < -0.3 is 10.1 Å². The number of nitrogens with one attached hydrogen (secondary N) is 1. The van der Waals surface area contributed by atoms with Crippen LogP contribution in [0.3, 0.4) is 0 Å². The van der Waals surface area contributed by atoms with Crippen molar-refractivity contribution in [1.82, 2.24) is 4.98 Å². The van der Waals surface area contributed by atoms with E-state index >= 15 is 0 Å². The molecule has 1 heterocycles. The fourth-order valence-corrected chi connectivity index (χ4v) is 2.89. The molecule has 0 aliphatic carbocycles. The molecule has 0 spiro atoms. The molecule has 0 saturated heterocycles. The van der Waals surface area contributed by atoms with Gasteiger partial charge in [-0.15, -0.1) is 0 Å². The number of aromatic nitrogens is 1. The van der Waals surface area contributed by atoms with E-state index in [2.05, 4.69) is 4.98 Å². The molecule has 0 fully saturated rings. The Morgan fingerprint density at radius 3 is 2.44 bits per heavy atom. The minimum absolute atomic E-state index is 0.207. The number of benzene rings is 2. The molecule has 0 unspecified atom stereocenters. The Bertz CT molecular complexity index is 864. The normalized spacial score (nSPS) is 12.3. The summed E-state index contributed by atoms with van der Waals surface area (Å²) in [4.78, 5) is 2.41. The van der Waals surface area contributed by atoms with Crippen LogP contribution in [0.25, 0.3) is 21.8 Å². The molecular formula is C12H9NO4S. The highest BCUT2D eigenvalue weighted by atomic mass is 32.2. The molecule has 0 atom stereocenters. The summed E-state index contributed by atoms with van der Waals surface area (Å²) in [5, 5.41) is 11.1. The molecule has 0 aliphatic rings. The van der Waals surface area contributed by atoms with E-state index in [0.29, 0.717) is 5.39 Å². The molecule has 92 valence electrons. The van der Waals surface area contributed by atoms with E-state index in [9.17, 15) is 18.1 Å². The molecule has 0 saturated carbocycles. The Morgan fingerprint density at radius 2 is 1.72 bits per heavy atom. The number of rotatable bonds is 1. The number of para-hydroxylation sites is 1. The van der Waals surface area contributed by atoms with Crippen molar-refractivity contribution in [2.45, 2.75) is 4.90 Å². The molecule has 6 heteroatoms. The maximum absolute atomic E-state index is 11.3.